The Morgan fingerprint density at radius 2 is 1.93 bits per heavy atom. The van der Waals surface area contributed by atoms with E-state index in [0.29, 0.717) is 25.7 Å². The van der Waals surface area contributed by atoms with Crippen LogP contribution in [-0.4, -0.2) is 55.8 Å². The first kappa shape index (κ1) is 20.8. The Morgan fingerprint density at radius 1 is 1.25 bits per heavy atom. The minimum absolute atomic E-state index is 0.153. The molecule has 6 nitrogen and oxygen atoms in total. The summed E-state index contributed by atoms with van der Waals surface area (Å²) < 4.78 is 5.09. The average Bonchev–Trinajstić information content (AvgIpc) is 3.49. The molecular weight excluding hydrogens is 376 g/mol. The summed E-state index contributed by atoms with van der Waals surface area (Å²) in [6, 6.07) is 8.48. The predicted molar refractivity (Wildman–Crippen MR) is 113 cm³/mol. The third-order valence-electron chi connectivity index (χ3n) is 5.56. The maximum absolute atomic E-state index is 11.8. The third-order valence-corrected chi connectivity index (χ3v) is 5.81. The van der Waals surface area contributed by atoms with Crippen LogP contribution < -0.4 is 10.6 Å². The highest BCUT2D eigenvalue weighted by Crippen LogP contribution is 2.48. The van der Waals surface area contributed by atoms with E-state index in [-0.39, 0.29) is 11.5 Å². The molecule has 1 aliphatic carbocycles. The van der Waals surface area contributed by atoms with Crippen molar-refractivity contribution < 1.29 is 9.53 Å². The number of hydrogen-bond acceptors (Lipinski definition) is 3. The summed E-state index contributed by atoms with van der Waals surface area (Å²) in [5, 5.41) is 7.68. The molecule has 0 unspecified atom stereocenters. The maximum Gasteiger partial charge on any atom is 0.409 e. The molecule has 0 spiro atoms. The number of hydrogen-bond donors (Lipinski definition) is 2. The van der Waals surface area contributed by atoms with E-state index in [1.807, 2.05) is 19.1 Å². The number of nitrogens with zero attached hydrogens (tertiary/aromatic N) is 2. The summed E-state index contributed by atoms with van der Waals surface area (Å²) in [7, 11) is 0. The van der Waals surface area contributed by atoms with E-state index in [9.17, 15) is 4.79 Å². The van der Waals surface area contributed by atoms with Gasteiger partial charge in [0.1, 0.15) is 0 Å². The lowest BCUT2D eigenvalue weighted by Gasteiger charge is -2.32. The highest BCUT2D eigenvalue weighted by atomic mass is 35.5. The summed E-state index contributed by atoms with van der Waals surface area (Å²) in [4.78, 5) is 18.5. The normalized spacial score (nSPS) is 19.2. The Morgan fingerprint density at radius 3 is 2.50 bits per heavy atom. The molecule has 1 aromatic carbocycles. The lowest BCUT2D eigenvalue weighted by molar-refractivity contribution is 0.0963. The van der Waals surface area contributed by atoms with E-state index in [4.69, 9.17) is 21.3 Å². The molecule has 2 aliphatic rings. The monoisotopic (exact) mass is 406 g/mol. The Kier molecular flexibility index (Phi) is 7.05. The fourth-order valence-corrected chi connectivity index (χ4v) is 3.78. The Hall–Kier alpha value is -1.95. The van der Waals surface area contributed by atoms with E-state index >= 15 is 0 Å². The quantitative estimate of drug-likeness (QED) is 0.560. The van der Waals surface area contributed by atoms with E-state index in [0.717, 1.165) is 49.8 Å². The number of carbonyl (C=O) groups excluding carboxylic acids is 1. The van der Waals surface area contributed by atoms with Crippen LogP contribution in [0.15, 0.2) is 29.3 Å². The van der Waals surface area contributed by atoms with Crippen molar-refractivity contribution in [2.24, 2.45) is 4.99 Å². The van der Waals surface area contributed by atoms with Gasteiger partial charge in [-0.05, 0) is 57.2 Å². The van der Waals surface area contributed by atoms with Crippen molar-refractivity contribution in [3.63, 3.8) is 0 Å². The van der Waals surface area contributed by atoms with Gasteiger partial charge in [-0.25, -0.2) is 4.79 Å². The van der Waals surface area contributed by atoms with Crippen LogP contribution in [0, 0.1) is 0 Å². The van der Waals surface area contributed by atoms with Gasteiger partial charge in [-0.15, -0.1) is 0 Å². The standard InChI is InChI=1S/C21H31ClN4O2/c1-3-23-19(25-18-9-13-26(14-10-18)20(27)28-4-2)24-15-21(11-12-21)16-5-7-17(22)8-6-16/h5-8,18H,3-4,9-15H2,1-2H3,(H2,23,24,25). The lowest BCUT2D eigenvalue weighted by Crippen LogP contribution is -2.50. The Bertz CT molecular complexity index is 680. The van der Waals surface area contributed by atoms with Gasteiger partial charge in [-0.3, -0.25) is 4.99 Å². The Balaban J connectivity index is 1.55. The largest absolute Gasteiger partial charge is 0.450 e. The fraction of sp³-hybridized carbons (Fsp3) is 0.619. The summed E-state index contributed by atoms with van der Waals surface area (Å²) >= 11 is 6.03. The number of benzene rings is 1. The smallest absolute Gasteiger partial charge is 0.409 e. The number of nitrogens with one attached hydrogen (secondary N) is 2. The maximum atomic E-state index is 11.8. The minimum Gasteiger partial charge on any atom is -0.450 e. The molecule has 28 heavy (non-hydrogen) atoms. The summed E-state index contributed by atoms with van der Waals surface area (Å²) in [5.41, 5.74) is 1.47. The number of likely N-dealkylation sites (tertiary alicyclic amines) is 1. The molecule has 7 heteroatoms. The number of amides is 1. The van der Waals surface area contributed by atoms with Crippen molar-refractivity contribution in [1.82, 2.24) is 15.5 Å². The van der Waals surface area contributed by atoms with Crippen LogP contribution in [0.25, 0.3) is 0 Å². The predicted octanol–water partition coefficient (Wildman–Crippen LogP) is 3.55. The van der Waals surface area contributed by atoms with Crippen molar-refractivity contribution in [2.45, 2.75) is 51.0 Å². The van der Waals surface area contributed by atoms with Gasteiger partial charge in [0.15, 0.2) is 5.96 Å². The van der Waals surface area contributed by atoms with Crippen molar-refractivity contribution in [3.05, 3.63) is 34.9 Å². The molecule has 3 rings (SSSR count). The fourth-order valence-electron chi connectivity index (χ4n) is 3.66. The highest BCUT2D eigenvalue weighted by Gasteiger charge is 2.44. The van der Waals surface area contributed by atoms with E-state index in [2.05, 4.69) is 29.7 Å². The topological polar surface area (TPSA) is 66.0 Å². The van der Waals surface area contributed by atoms with Crippen LogP contribution >= 0.6 is 11.6 Å². The molecule has 0 atom stereocenters. The molecule has 1 saturated carbocycles. The van der Waals surface area contributed by atoms with Crippen LogP contribution in [0.4, 0.5) is 4.79 Å². The second-order valence-electron chi connectivity index (χ2n) is 7.59. The average molecular weight is 407 g/mol. The zero-order valence-electron chi connectivity index (χ0n) is 16.8. The number of rotatable bonds is 6. The van der Waals surface area contributed by atoms with Crippen LogP contribution in [0.1, 0.15) is 45.1 Å². The van der Waals surface area contributed by atoms with E-state index < -0.39 is 0 Å². The van der Waals surface area contributed by atoms with Gasteiger partial charge in [0.2, 0.25) is 0 Å². The van der Waals surface area contributed by atoms with Gasteiger partial charge in [-0.2, -0.15) is 0 Å². The van der Waals surface area contributed by atoms with Crippen LogP contribution in [0.3, 0.4) is 0 Å². The van der Waals surface area contributed by atoms with Gasteiger partial charge >= 0.3 is 6.09 Å². The van der Waals surface area contributed by atoms with E-state index in [1.165, 1.54) is 5.56 Å². The van der Waals surface area contributed by atoms with Gasteiger partial charge in [-0.1, -0.05) is 23.7 Å². The zero-order valence-corrected chi connectivity index (χ0v) is 17.6. The second-order valence-corrected chi connectivity index (χ2v) is 8.02. The molecule has 1 saturated heterocycles. The molecule has 154 valence electrons. The molecule has 0 aromatic heterocycles. The molecule has 1 aromatic rings. The lowest BCUT2D eigenvalue weighted by atomic mass is 9.96. The Labute approximate surface area is 172 Å². The van der Waals surface area contributed by atoms with Crippen molar-refractivity contribution in [1.29, 1.82) is 0 Å². The first-order valence-electron chi connectivity index (χ1n) is 10.3. The summed E-state index contributed by atoms with van der Waals surface area (Å²) in [6.07, 6.45) is 3.90. The highest BCUT2D eigenvalue weighted by molar-refractivity contribution is 6.30. The zero-order chi connectivity index (χ0) is 20.0. The minimum atomic E-state index is -0.208. The number of halogens is 1. The molecule has 2 N–H and O–H groups in total. The number of ether oxygens (including phenoxy) is 1. The van der Waals surface area contributed by atoms with Crippen LogP contribution in [0.5, 0.6) is 0 Å². The van der Waals surface area contributed by atoms with Crippen LogP contribution in [0.2, 0.25) is 5.02 Å². The molecule has 1 heterocycles. The van der Waals surface area contributed by atoms with Gasteiger partial charge in [0.25, 0.3) is 0 Å². The third kappa shape index (κ3) is 5.31. The van der Waals surface area contributed by atoms with Crippen molar-refractivity contribution in [2.75, 3.05) is 32.8 Å². The number of piperidine rings is 1. The molecule has 0 radical (unpaired) electrons. The van der Waals surface area contributed by atoms with Gasteiger partial charge in [0, 0.05) is 36.1 Å². The molecule has 1 amide bonds. The molecule has 1 aliphatic heterocycles. The van der Waals surface area contributed by atoms with Gasteiger partial charge in [0.05, 0.1) is 13.2 Å². The second kappa shape index (κ2) is 9.50. The van der Waals surface area contributed by atoms with Crippen molar-refractivity contribution in [3.8, 4) is 0 Å². The summed E-state index contributed by atoms with van der Waals surface area (Å²) in [6.45, 7) is 7.35. The van der Waals surface area contributed by atoms with Crippen LogP contribution in [-0.2, 0) is 10.2 Å². The SMILES string of the molecule is CCNC(=NCC1(c2ccc(Cl)cc2)CC1)NC1CCN(C(=O)OCC)CC1. The first-order valence-corrected chi connectivity index (χ1v) is 10.7. The van der Waals surface area contributed by atoms with E-state index in [1.54, 1.807) is 4.90 Å². The van der Waals surface area contributed by atoms with Crippen molar-refractivity contribution >= 4 is 23.7 Å². The molecular formula is C21H31ClN4O2. The summed E-state index contributed by atoms with van der Waals surface area (Å²) in [5.74, 6) is 0.859. The molecule has 0 bridgehead atoms. The number of aliphatic imine (C=N–C) groups is 1. The van der Waals surface area contributed by atoms with Gasteiger partial charge < -0.3 is 20.3 Å². The molecule has 2 fully saturated rings. The number of carbonyl (C=O) groups is 1. The number of guanidine groups is 1. The first-order chi connectivity index (χ1) is 13.6.